The van der Waals surface area contributed by atoms with Crippen LogP contribution in [-0.2, 0) is 17.8 Å². The summed E-state index contributed by atoms with van der Waals surface area (Å²) >= 11 is 0. The number of halogens is 1. The molecule has 23 heavy (non-hydrogen) atoms. The minimum absolute atomic E-state index is 0. The van der Waals surface area contributed by atoms with Crippen molar-refractivity contribution >= 4 is 29.9 Å². The van der Waals surface area contributed by atoms with Gasteiger partial charge in [-0.3, -0.25) is 4.68 Å². The predicted molar refractivity (Wildman–Crippen MR) is 103 cm³/mol. The molecule has 0 radical (unpaired) electrons. The van der Waals surface area contributed by atoms with Crippen LogP contribution in [0.3, 0.4) is 0 Å². The molecule has 1 heterocycles. The van der Waals surface area contributed by atoms with E-state index >= 15 is 0 Å². The summed E-state index contributed by atoms with van der Waals surface area (Å²) in [5, 5.41) is 7.34. The number of aliphatic imine (C=N–C) groups is 1. The first-order chi connectivity index (χ1) is 10.7. The average molecular weight is 429 g/mol. The minimum Gasteiger partial charge on any atom is -0.383 e. The van der Waals surface area contributed by atoms with E-state index in [4.69, 9.17) is 10.5 Å². The fourth-order valence-electron chi connectivity index (χ4n) is 2.19. The average Bonchev–Trinajstić information content (AvgIpc) is 2.99. The van der Waals surface area contributed by atoms with E-state index in [9.17, 15) is 0 Å². The third-order valence-electron chi connectivity index (χ3n) is 3.24. The van der Waals surface area contributed by atoms with Crippen LogP contribution >= 0.6 is 24.0 Å². The molecule has 3 N–H and O–H groups in total. The third kappa shape index (κ3) is 6.57. The van der Waals surface area contributed by atoms with Crippen molar-refractivity contribution < 1.29 is 4.74 Å². The van der Waals surface area contributed by atoms with Gasteiger partial charge in [0.25, 0.3) is 0 Å². The number of ether oxygens (including phenoxy) is 1. The van der Waals surface area contributed by atoms with E-state index in [0.29, 0.717) is 19.1 Å². The highest BCUT2D eigenvalue weighted by molar-refractivity contribution is 14.0. The quantitative estimate of drug-likeness (QED) is 0.401. The van der Waals surface area contributed by atoms with Gasteiger partial charge in [-0.15, -0.1) is 24.0 Å². The van der Waals surface area contributed by atoms with Crippen molar-refractivity contribution in [2.24, 2.45) is 10.7 Å². The molecule has 1 unspecified atom stereocenters. The second kappa shape index (κ2) is 10.2. The smallest absolute Gasteiger partial charge is 0.189 e. The van der Waals surface area contributed by atoms with Gasteiger partial charge in [0.15, 0.2) is 5.96 Å². The Bertz CT molecular complexity index is 600. The first-order valence-electron chi connectivity index (χ1n) is 7.28. The van der Waals surface area contributed by atoms with Crippen LogP contribution in [0.2, 0.25) is 0 Å². The van der Waals surface area contributed by atoms with E-state index in [1.807, 2.05) is 36.0 Å². The molecule has 0 fully saturated rings. The zero-order valence-electron chi connectivity index (χ0n) is 13.5. The summed E-state index contributed by atoms with van der Waals surface area (Å²) < 4.78 is 6.96. The lowest BCUT2D eigenvalue weighted by Gasteiger charge is -2.13. The number of methoxy groups -OCH3 is 1. The number of aromatic nitrogens is 2. The standard InChI is InChI=1S/C16H23N5O.HI/c1-13(12-22-2)20-16(17)18-10-14-6-3-4-7-15(14)11-21-9-5-8-19-21;/h3-9,13H,10-12H2,1-2H3,(H3,17,18,20);1H. The Kier molecular flexibility index (Phi) is 8.64. The number of guanidine groups is 1. The van der Waals surface area contributed by atoms with E-state index < -0.39 is 0 Å². The largest absolute Gasteiger partial charge is 0.383 e. The van der Waals surface area contributed by atoms with E-state index in [1.165, 1.54) is 5.56 Å². The predicted octanol–water partition coefficient (Wildman–Crippen LogP) is 1.99. The Labute approximate surface area is 154 Å². The lowest BCUT2D eigenvalue weighted by atomic mass is 10.1. The van der Waals surface area contributed by atoms with Gasteiger partial charge in [-0.05, 0) is 24.1 Å². The molecule has 1 atom stereocenters. The topological polar surface area (TPSA) is 77.5 Å². The van der Waals surface area contributed by atoms with E-state index in [0.717, 1.165) is 12.1 Å². The Morgan fingerprint density at radius 2 is 2.09 bits per heavy atom. The number of rotatable bonds is 7. The van der Waals surface area contributed by atoms with Gasteiger partial charge >= 0.3 is 0 Å². The van der Waals surface area contributed by atoms with Crippen molar-refractivity contribution in [3.63, 3.8) is 0 Å². The normalized spacial score (nSPS) is 12.5. The summed E-state index contributed by atoms with van der Waals surface area (Å²) in [5.74, 6) is 0.429. The summed E-state index contributed by atoms with van der Waals surface area (Å²) in [6.45, 7) is 3.85. The lowest BCUT2D eigenvalue weighted by Crippen LogP contribution is -2.40. The van der Waals surface area contributed by atoms with Gasteiger partial charge in [-0.1, -0.05) is 24.3 Å². The number of hydrogen-bond donors (Lipinski definition) is 2. The molecule has 1 aromatic carbocycles. The minimum atomic E-state index is 0. The van der Waals surface area contributed by atoms with Crippen molar-refractivity contribution in [2.75, 3.05) is 13.7 Å². The maximum Gasteiger partial charge on any atom is 0.189 e. The molecule has 0 aliphatic carbocycles. The summed E-state index contributed by atoms with van der Waals surface area (Å²) in [6, 6.07) is 10.2. The first kappa shape index (κ1) is 19.4. The van der Waals surface area contributed by atoms with Crippen LogP contribution < -0.4 is 11.1 Å². The fourth-order valence-corrected chi connectivity index (χ4v) is 2.19. The Hall–Kier alpha value is -1.61. The first-order valence-corrected chi connectivity index (χ1v) is 7.28. The third-order valence-corrected chi connectivity index (χ3v) is 3.24. The van der Waals surface area contributed by atoms with E-state index in [1.54, 1.807) is 13.3 Å². The fraction of sp³-hybridized carbons (Fsp3) is 0.375. The van der Waals surface area contributed by atoms with E-state index in [2.05, 4.69) is 27.5 Å². The molecular weight excluding hydrogens is 405 g/mol. The maximum atomic E-state index is 5.90. The zero-order chi connectivity index (χ0) is 15.8. The van der Waals surface area contributed by atoms with Crippen molar-refractivity contribution in [2.45, 2.75) is 26.1 Å². The van der Waals surface area contributed by atoms with Crippen LogP contribution in [0.5, 0.6) is 0 Å². The van der Waals surface area contributed by atoms with Gasteiger partial charge in [0.1, 0.15) is 0 Å². The van der Waals surface area contributed by atoms with Gasteiger partial charge in [-0.2, -0.15) is 5.10 Å². The van der Waals surface area contributed by atoms with Crippen molar-refractivity contribution in [1.29, 1.82) is 0 Å². The van der Waals surface area contributed by atoms with Crippen LogP contribution in [0.1, 0.15) is 18.1 Å². The van der Waals surface area contributed by atoms with Crippen LogP contribution in [0, 0.1) is 0 Å². The van der Waals surface area contributed by atoms with E-state index in [-0.39, 0.29) is 30.0 Å². The molecule has 0 bridgehead atoms. The zero-order valence-corrected chi connectivity index (χ0v) is 15.8. The molecule has 6 nitrogen and oxygen atoms in total. The summed E-state index contributed by atoms with van der Waals surface area (Å²) in [7, 11) is 1.66. The number of nitrogens with zero attached hydrogens (tertiary/aromatic N) is 3. The second-order valence-corrected chi connectivity index (χ2v) is 5.17. The van der Waals surface area contributed by atoms with Gasteiger partial charge < -0.3 is 15.8 Å². The number of nitrogens with one attached hydrogen (secondary N) is 1. The molecule has 2 aromatic rings. The second-order valence-electron chi connectivity index (χ2n) is 5.17. The molecule has 1 aromatic heterocycles. The molecule has 2 rings (SSSR count). The van der Waals surface area contributed by atoms with Crippen LogP contribution in [-0.4, -0.2) is 35.5 Å². The van der Waals surface area contributed by atoms with Gasteiger partial charge in [-0.25, -0.2) is 4.99 Å². The summed E-state index contributed by atoms with van der Waals surface area (Å²) in [4.78, 5) is 4.40. The molecule has 0 aliphatic rings. The van der Waals surface area contributed by atoms with Crippen molar-refractivity contribution in [3.05, 3.63) is 53.9 Å². The molecule has 126 valence electrons. The maximum absolute atomic E-state index is 5.90. The van der Waals surface area contributed by atoms with Crippen LogP contribution in [0.15, 0.2) is 47.7 Å². The Morgan fingerprint density at radius 1 is 1.35 bits per heavy atom. The highest BCUT2D eigenvalue weighted by Crippen LogP contribution is 2.11. The molecule has 0 spiro atoms. The number of nitrogens with two attached hydrogens (primary N) is 1. The van der Waals surface area contributed by atoms with Crippen LogP contribution in [0.25, 0.3) is 0 Å². The van der Waals surface area contributed by atoms with Gasteiger partial charge in [0, 0.05) is 25.5 Å². The SMILES string of the molecule is COCC(C)NC(N)=NCc1ccccc1Cn1cccn1.I. The molecule has 0 aliphatic heterocycles. The van der Waals surface area contributed by atoms with Gasteiger partial charge in [0.05, 0.1) is 19.7 Å². The lowest BCUT2D eigenvalue weighted by molar-refractivity contribution is 0.179. The monoisotopic (exact) mass is 429 g/mol. The molecule has 0 amide bonds. The number of benzene rings is 1. The van der Waals surface area contributed by atoms with Gasteiger partial charge in [0.2, 0.25) is 0 Å². The van der Waals surface area contributed by atoms with Crippen molar-refractivity contribution in [1.82, 2.24) is 15.1 Å². The Balaban J connectivity index is 0.00000264. The Morgan fingerprint density at radius 3 is 2.74 bits per heavy atom. The molecule has 7 heteroatoms. The molecule has 0 saturated carbocycles. The highest BCUT2D eigenvalue weighted by Gasteiger charge is 2.04. The molecular formula is C16H24IN5O. The molecule has 0 saturated heterocycles. The van der Waals surface area contributed by atoms with Crippen molar-refractivity contribution in [3.8, 4) is 0 Å². The van der Waals surface area contributed by atoms with Crippen LogP contribution in [0.4, 0.5) is 0 Å². The summed E-state index contributed by atoms with van der Waals surface area (Å²) in [6.07, 6.45) is 3.72. The number of hydrogen-bond acceptors (Lipinski definition) is 3. The highest BCUT2D eigenvalue weighted by atomic mass is 127. The summed E-state index contributed by atoms with van der Waals surface area (Å²) in [5.41, 5.74) is 8.23.